The van der Waals surface area contributed by atoms with Gasteiger partial charge in [-0.05, 0) is 6.07 Å². The lowest BCUT2D eigenvalue weighted by Gasteiger charge is -2.40. The highest BCUT2D eigenvalue weighted by atomic mass is 16.7. The van der Waals surface area contributed by atoms with E-state index in [9.17, 15) is 30.3 Å². The van der Waals surface area contributed by atoms with Gasteiger partial charge in [-0.1, -0.05) is 0 Å². The van der Waals surface area contributed by atoms with Crippen LogP contribution in [0.25, 0.3) is 0 Å². The van der Waals surface area contributed by atoms with Gasteiger partial charge in [-0.2, -0.15) is 4.98 Å². The standard InChI is InChI=1S/C15H24N4O9/c16-7-1-2-19(15(25)18-7)13-12(24)10(22)6(27-13)4-26-14-8(17)11(23)9(21)5(3-20)28-14/h1-2,5-6,8-14,20-24H,3-4,17H2,(H2,16,18,25). The largest absolute Gasteiger partial charge is 0.394 e. The molecule has 9 atom stereocenters. The molecule has 2 aliphatic heterocycles. The van der Waals surface area contributed by atoms with Crippen molar-refractivity contribution in [1.82, 2.24) is 9.55 Å². The van der Waals surface area contributed by atoms with Crippen LogP contribution in [0.5, 0.6) is 0 Å². The van der Waals surface area contributed by atoms with Gasteiger partial charge in [0.15, 0.2) is 12.5 Å². The Balaban J connectivity index is 1.66. The van der Waals surface area contributed by atoms with E-state index in [2.05, 4.69) is 4.98 Å². The SMILES string of the molecule is Nc1ccn(C2OC(COC3OC(CO)C(O)C(O)C3N)C(O)C2O)c(=O)n1. The summed E-state index contributed by atoms with van der Waals surface area (Å²) in [5.74, 6) is -0.00298. The first-order valence-corrected chi connectivity index (χ1v) is 8.60. The fourth-order valence-corrected chi connectivity index (χ4v) is 3.16. The summed E-state index contributed by atoms with van der Waals surface area (Å²) < 4.78 is 17.2. The van der Waals surface area contributed by atoms with Crippen molar-refractivity contribution in [3.05, 3.63) is 22.7 Å². The van der Waals surface area contributed by atoms with Crippen LogP contribution in [0.2, 0.25) is 0 Å². The van der Waals surface area contributed by atoms with Gasteiger partial charge in [0.05, 0.1) is 19.3 Å². The zero-order chi connectivity index (χ0) is 20.6. The Morgan fingerprint density at radius 1 is 1.11 bits per heavy atom. The molecule has 0 saturated carbocycles. The highest BCUT2D eigenvalue weighted by Gasteiger charge is 2.47. The quantitative estimate of drug-likeness (QED) is 0.246. The van der Waals surface area contributed by atoms with Crippen molar-refractivity contribution in [3.8, 4) is 0 Å². The first-order chi connectivity index (χ1) is 13.2. The first kappa shape index (κ1) is 21.0. The summed E-state index contributed by atoms with van der Waals surface area (Å²) in [4.78, 5) is 15.5. The van der Waals surface area contributed by atoms with E-state index in [4.69, 9.17) is 25.7 Å². The molecule has 2 aliphatic rings. The maximum absolute atomic E-state index is 11.9. The van der Waals surface area contributed by atoms with Crippen molar-refractivity contribution >= 4 is 5.82 Å². The van der Waals surface area contributed by atoms with E-state index in [1.165, 1.54) is 12.3 Å². The van der Waals surface area contributed by atoms with Gasteiger partial charge in [0.2, 0.25) is 0 Å². The molecule has 1 aromatic heterocycles. The zero-order valence-electron chi connectivity index (χ0n) is 14.7. The van der Waals surface area contributed by atoms with E-state index >= 15 is 0 Å². The third kappa shape index (κ3) is 3.89. The van der Waals surface area contributed by atoms with E-state index in [0.29, 0.717) is 0 Å². The molecule has 0 bridgehead atoms. The number of aliphatic hydroxyl groups is 5. The Labute approximate surface area is 158 Å². The molecule has 2 saturated heterocycles. The molecule has 1 aromatic rings. The minimum Gasteiger partial charge on any atom is -0.394 e. The van der Waals surface area contributed by atoms with E-state index in [0.717, 1.165) is 4.57 Å². The maximum Gasteiger partial charge on any atom is 0.351 e. The van der Waals surface area contributed by atoms with E-state index in [1.54, 1.807) is 0 Å². The molecular weight excluding hydrogens is 380 g/mol. The smallest absolute Gasteiger partial charge is 0.351 e. The molecule has 28 heavy (non-hydrogen) atoms. The van der Waals surface area contributed by atoms with Crippen LogP contribution >= 0.6 is 0 Å². The second kappa shape index (κ2) is 8.36. The van der Waals surface area contributed by atoms with Crippen LogP contribution in [-0.2, 0) is 14.2 Å². The summed E-state index contributed by atoms with van der Waals surface area (Å²) in [6.45, 7) is -0.883. The lowest BCUT2D eigenvalue weighted by Crippen LogP contribution is -2.62. The van der Waals surface area contributed by atoms with Crippen molar-refractivity contribution in [1.29, 1.82) is 0 Å². The van der Waals surface area contributed by atoms with Gasteiger partial charge >= 0.3 is 5.69 Å². The molecule has 13 heteroatoms. The monoisotopic (exact) mass is 404 g/mol. The molecular formula is C15H24N4O9. The minimum atomic E-state index is -1.45. The second-order valence-corrected chi connectivity index (χ2v) is 6.71. The molecule has 2 fully saturated rings. The van der Waals surface area contributed by atoms with Gasteiger partial charge in [0, 0.05) is 6.20 Å². The summed E-state index contributed by atoms with van der Waals surface area (Å²) in [5.41, 5.74) is 10.4. The molecule has 0 spiro atoms. The fourth-order valence-electron chi connectivity index (χ4n) is 3.16. The molecule has 0 amide bonds. The van der Waals surface area contributed by atoms with Gasteiger partial charge in [-0.3, -0.25) is 4.57 Å². The molecule has 3 heterocycles. The van der Waals surface area contributed by atoms with E-state index < -0.39 is 67.5 Å². The topological polar surface area (TPSA) is 216 Å². The number of aliphatic hydroxyl groups excluding tert-OH is 5. The Hall–Kier alpha value is -1.68. The molecule has 0 aliphatic carbocycles. The number of anilines is 1. The normalized spacial score (nSPS) is 41.3. The minimum absolute atomic E-state index is 0.00298. The van der Waals surface area contributed by atoms with Crippen LogP contribution in [0.15, 0.2) is 17.1 Å². The van der Waals surface area contributed by atoms with Crippen molar-refractivity contribution in [2.75, 3.05) is 18.9 Å². The molecule has 158 valence electrons. The zero-order valence-corrected chi connectivity index (χ0v) is 14.7. The van der Waals surface area contributed by atoms with E-state index in [-0.39, 0.29) is 12.4 Å². The Morgan fingerprint density at radius 3 is 2.43 bits per heavy atom. The van der Waals surface area contributed by atoms with Crippen LogP contribution < -0.4 is 17.2 Å². The predicted molar refractivity (Wildman–Crippen MR) is 90.5 cm³/mol. The van der Waals surface area contributed by atoms with Gasteiger partial charge in [-0.15, -0.1) is 0 Å². The van der Waals surface area contributed by atoms with Gasteiger partial charge in [0.1, 0.15) is 42.4 Å². The summed E-state index contributed by atoms with van der Waals surface area (Å²) in [7, 11) is 0. The Bertz CT molecular complexity index is 732. The Morgan fingerprint density at radius 2 is 1.79 bits per heavy atom. The van der Waals surface area contributed by atoms with Crippen LogP contribution in [0.3, 0.4) is 0 Å². The summed E-state index contributed by atoms with van der Waals surface area (Å²) in [6.07, 6.45) is -8.95. The van der Waals surface area contributed by atoms with Crippen molar-refractivity contribution in [2.45, 2.75) is 55.2 Å². The third-order valence-electron chi connectivity index (χ3n) is 4.82. The number of nitrogens with zero attached hydrogens (tertiary/aromatic N) is 2. The fraction of sp³-hybridized carbons (Fsp3) is 0.733. The van der Waals surface area contributed by atoms with Crippen molar-refractivity contribution in [3.63, 3.8) is 0 Å². The number of rotatable bonds is 5. The van der Waals surface area contributed by atoms with Crippen molar-refractivity contribution in [2.24, 2.45) is 5.73 Å². The number of hydrogen-bond acceptors (Lipinski definition) is 12. The third-order valence-corrected chi connectivity index (χ3v) is 4.82. The van der Waals surface area contributed by atoms with Crippen molar-refractivity contribution < 1.29 is 39.7 Å². The van der Waals surface area contributed by atoms with Crippen LogP contribution in [0.1, 0.15) is 6.23 Å². The number of aromatic nitrogens is 2. The lowest BCUT2D eigenvalue weighted by molar-refractivity contribution is -0.272. The number of hydrogen-bond donors (Lipinski definition) is 7. The predicted octanol–water partition coefficient (Wildman–Crippen LogP) is -4.77. The summed E-state index contributed by atoms with van der Waals surface area (Å²) in [5, 5.41) is 49.3. The molecule has 9 unspecified atom stereocenters. The van der Waals surface area contributed by atoms with Crippen LogP contribution in [0, 0.1) is 0 Å². The summed E-state index contributed by atoms with van der Waals surface area (Å²) in [6, 6.07) is 0.214. The molecule has 0 radical (unpaired) electrons. The highest BCUT2D eigenvalue weighted by Crippen LogP contribution is 2.29. The molecule has 3 rings (SSSR count). The average Bonchev–Trinajstić information content (AvgIpc) is 2.94. The maximum atomic E-state index is 11.9. The molecule has 9 N–H and O–H groups in total. The molecule has 13 nitrogen and oxygen atoms in total. The highest BCUT2D eigenvalue weighted by molar-refractivity contribution is 5.23. The van der Waals surface area contributed by atoms with Crippen LogP contribution in [0.4, 0.5) is 5.82 Å². The molecule has 0 aromatic carbocycles. The number of nitrogen functional groups attached to an aromatic ring is 1. The number of nitrogens with two attached hydrogens (primary N) is 2. The van der Waals surface area contributed by atoms with Gasteiger partial charge in [-0.25, -0.2) is 4.79 Å². The lowest BCUT2D eigenvalue weighted by atomic mass is 9.98. The van der Waals surface area contributed by atoms with Gasteiger partial charge < -0.3 is 51.2 Å². The van der Waals surface area contributed by atoms with E-state index in [1.807, 2.05) is 0 Å². The second-order valence-electron chi connectivity index (χ2n) is 6.71. The van der Waals surface area contributed by atoms with Gasteiger partial charge in [0.25, 0.3) is 0 Å². The number of ether oxygens (including phenoxy) is 3. The van der Waals surface area contributed by atoms with Crippen LogP contribution in [-0.4, -0.2) is 97.3 Å². The Kier molecular flexibility index (Phi) is 6.28. The first-order valence-electron chi connectivity index (χ1n) is 8.60. The summed E-state index contributed by atoms with van der Waals surface area (Å²) >= 11 is 0. The average molecular weight is 404 g/mol.